The van der Waals surface area contributed by atoms with Crippen molar-refractivity contribution in [1.82, 2.24) is 20.4 Å². The Labute approximate surface area is 235 Å². The summed E-state index contributed by atoms with van der Waals surface area (Å²) in [4.78, 5) is 30.7. The van der Waals surface area contributed by atoms with Gasteiger partial charge >= 0.3 is 12.0 Å². The number of nitrogens with one attached hydrogen (secondary N) is 2. The molecule has 2 N–H and O–H groups in total. The second-order valence-electron chi connectivity index (χ2n) is 9.95. The van der Waals surface area contributed by atoms with Gasteiger partial charge < -0.3 is 20.1 Å². The van der Waals surface area contributed by atoms with Crippen molar-refractivity contribution in [3.05, 3.63) is 113 Å². The summed E-state index contributed by atoms with van der Waals surface area (Å²) in [6.07, 6.45) is 0. The van der Waals surface area contributed by atoms with Gasteiger partial charge in [-0.05, 0) is 35.7 Å². The van der Waals surface area contributed by atoms with Crippen molar-refractivity contribution in [2.45, 2.75) is 19.0 Å². The lowest BCUT2D eigenvalue weighted by atomic mass is 9.94. The molecule has 0 bridgehead atoms. The van der Waals surface area contributed by atoms with Gasteiger partial charge in [-0.3, -0.25) is 9.80 Å². The van der Waals surface area contributed by atoms with Crippen LogP contribution in [0, 0.1) is 0 Å². The van der Waals surface area contributed by atoms with Gasteiger partial charge in [0, 0.05) is 38.4 Å². The lowest BCUT2D eigenvalue weighted by molar-refractivity contribution is -0.139. The Hall–Kier alpha value is -4.14. The average Bonchev–Trinajstić information content (AvgIpc) is 2.99. The molecule has 8 nitrogen and oxygen atoms in total. The summed E-state index contributed by atoms with van der Waals surface area (Å²) in [5, 5.41) is 5.82. The van der Waals surface area contributed by atoms with Crippen molar-refractivity contribution in [1.29, 1.82) is 0 Å². The number of piperazine rings is 1. The highest BCUT2D eigenvalue weighted by atomic mass is 16.5. The molecule has 0 saturated carbocycles. The van der Waals surface area contributed by atoms with Crippen molar-refractivity contribution >= 4 is 12.0 Å². The Morgan fingerprint density at radius 2 is 1.50 bits per heavy atom. The van der Waals surface area contributed by atoms with Crippen LogP contribution in [0.1, 0.15) is 35.7 Å². The van der Waals surface area contributed by atoms with Crippen LogP contribution in [-0.4, -0.2) is 68.2 Å². The average molecular weight is 541 g/mol. The molecule has 5 rings (SSSR count). The molecule has 3 aromatic rings. The molecule has 2 aliphatic heterocycles. The number of hydrogen-bond acceptors (Lipinski definition) is 6. The fourth-order valence-corrected chi connectivity index (χ4v) is 5.53. The maximum Gasteiger partial charge on any atom is 0.338 e. The Morgan fingerprint density at radius 3 is 2.05 bits per heavy atom. The third-order valence-electron chi connectivity index (χ3n) is 7.48. The number of esters is 1. The molecule has 8 heteroatoms. The van der Waals surface area contributed by atoms with E-state index < -0.39 is 12.0 Å². The molecule has 208 valence electrons. The van der Waals surface area contributed by atoms with Crippen LogP contribution in [0.25, 0.3) is 0 Å². The minimum atomic E-state index is -0.615. The van der Waals surface area contributed by atoms with Crippen molar-refractivity contribution in [2.75, 3.05) is 46.4 Å². The van der Waals surface area contributed by atoms with Crippen molar-refractivity contribution < 1.29 is 19.1 Å². The molecule has 2 aliphatic rings. The molecule has 2 amide bonds. The number of amides is 2. The van der Waals surface area contributed by atoms with Crippen molar-refractivity contribution in [3.8, 4) is 5.75 Å². The third-order valence-corrected chi connectivity index (χ3v) is 7.48. The van der Waals surface area contributed by atoms with Gasteiger partial charge in [0.05, 0.1) is 31.4 Å². The van der Waals surface area contributed by atoms with E-state index in [4.69, 9.17) is 9.47 Å². The van der Waals surface area contributed by atoms with Crippen LogP contribution in [0.15, 0.2) is 96.2 Å². The van der Waals surface area contributed by atoms with E-state index in [-0.39, 0.29) is 18.7 Å². The van der Waals surface area contributed by atoms with Crippen LogP contribution in [-0.2, 0) is 9.53 Å². The Bertz CT molecular complexity index is 1280. The van der Waals surface area contributed by atoms with E-state index in [1.54, 1.807) is 14.0 Å². The van der Waals surface area contributed by atoms with Crippen molar-refractivity contribution in [3.63, 3.8) is 0 Å². The number of methoxy groups -OCH3 is 1. The quantitative estimate of drug-likeness (QED) is 0.395. The van der Waals surface area contributed by atoms with Crippen LogP contribution >= 0.6 is 0 Å². The number of carbonyl (C=O) groups is 2. The zero-order valence-electron chi connectivity index (χ0n) is 23.0. The zero-order chi connectivity index (χ0) is 27.9. The standard InChI is InChI=1S/C32H36N4O4/c1-3-40-31(37)28-27(33-32(38)34-29(28)23-14-16-26(39-2)17-15-23)22-35-18-20-36(21-19-35)30(24-10-6-4-7-11-24)25-12-8-5-9-13-25/h4-17,29-30H,3,18-22H2,1-2H3,(H2,33,34,38)/t29-/m1/s1. The van der Waals surface area contributed by atoms with Crippen LogP contribution in [0.3, 0.4) is 0 Å². The first-order chi connectivity index (χ1) is 19.6. The fourth-order valence-electron chi connectivity index (χ4n) is 5.53. The molecule has 40 heavy (non-hydrogen) atoms. The number of carbonyl (C=O) groups excluding carboxylic acids is 2. The van der Waals surface area contributed by atoms with E-state index in [0.29, 0.717) is 23.6 Å². The van der Waals surface area contributed by atoms with E-state index in [2.05, 4.69) is 69.0 Å². The summed E-state index contributed by atoms with van der Waals surface area (Å²) >= 11 is 0. The summed E-state index contributed by atoms with van der Waals surface area (Å²) < 4.78 is 10.7. The molecule has 1 atom stereocenters. The van der Waals surface area contributed by atoms with Crippen molar-refractivity contribution in [2.24, 2.45) is 0 Å². The minimum absolute atomic E-state index is 0.164. The van der Waals surface area contributed by atoms with E-state index in [1.807, 2.05) is 36.4 Å². The van der Waals surface area contributed by atoms with E-state index in [1.165, 1.54) is 11.1 Å². The maximum absolute atomic E-state index is 13.2. The lowest BCUT2D eigenvalue weighted by Gasteiger charge is -2.40. The van der Waals surface area contributed by atoms with Gasteiger partial charge in [0.15, 0.2) is 0 Å². The van der Waals surface area contributed by atoms with Gasteiger partial charge in [0.2, 0.25) is 0 Å². The van der Waals surface area contributed by atoms with Crippen LogP contribution in [0.5, 0.6) is 5.75 Å². The summed E-state index contributed by atoms with van der Waals surface area (Å²) in [5.74, 6) is 0.269. The molecule has 1 fully saturated rings. The predicted octanol–water partition coefficient (Wildman–Crippen LogP) is 4.27. The lowest BCUT2D eigenvalue weighted by Crippen LogP contribution is -2.52. The Balaban J connectivity index is 1.36. The van der Waals surface area contributed by atoms with Gasteiger partial charge in [-0.1, -0.05) is 72.8 Å². The molecular weight excluding hydrogens is 504 g/mol. The first kappa shape index (κ1) is 27.4. The van der Waals surface area contributed by atoms with E-state index in [0.717, 1.165) is 31.7 Å². The normalized spacial score (nSPS) is 18.3. The molecule has 0 aromatic heterocycles. The molecule has 3 aromatic carbocycles. The molecule has 0 radical (unpaired) electrons. The van der Waals surface area contributed by atoms with E-state index in [9.17, 15) is 9.59 Å². The van der Waals surface area contributed by atoms with E-state index >= 15 is 0 Å². The number of rotatable bonds is 9. The number of urea groups is 1. The SMILES string of the molecule is CCOC(=O)C1=C(CN2CCN(C(c3ccccc3)c3ccccc3)CC2)NC(=O)N[C@@H]1c1ccc(OC)cc1. The van der Waals surface area contributed by atoms with Gasteiger partial charge in [-0.15, -0.1) is 0 Å². The first-order valence-electron chi connectivity index (χ1n) is 13.7. The monoisotopic (exact) mass is 540 g/mol. The van der Waals surface area contributed by atoms with Crippen LogP contribution in [0.2, 0.25) is 0 Å². The van der Waals surface area contributed by atoms with Gasteiger partial charge in [-0.25, -0.2) is 9.59 Å². The second-order valence-corrected chi connectivity index (χ2v) is 9.95. The topological polar surface area (TPSA) is 83.1 Å². The first-order valence-corrected chi connectivity index (χ1v) is 13.7. The number of hydrogen-bond donors (Lipinski definition) is 2. The molecule has 0 aliphatic carbocycles. The number of ether oxygens (including phenoxy) is 2. The van der Waals surface area contributed by atoms with Gasteiger partial charge in [0.25, 0.3) is 0 Å². The maximum atomic E-state index is 13.2. The van der Waals surface area contributed by atoms with Gasteiger partial charge in [0.1, 0.15) is 5.75 Å². The highest BCUT2D eigenvalue weighted by Gasteiger charge is 2.35. The molecule has 2 heterocycles. The zero-order valence-corrected chi connectivity index (χ0v) is 23.0. The van der Waals surface area contributed by atoms with Gasteiger partial charge in [-0.2, -0.15) is 0 Å². The largest absolute Gasteiger partial charge is 0.497 e. The number of benzene rings is 3. The highest BCUT2D eigenvalue weighted by Crippen LogP contribution is 2.31. The Kier molecular flexibility index (Phi) is 8.78. The molecular formula is C32H36N4O4. The smallest absolute Gasteiger partial charge is 0.338 e. The Morgan fingerprint density at radius 1 is 0.900 bits per heavy atom. The summed E-state index contributed by atoms with van der Waals surface area (Å²) in [6.45, 7) is 5.78. The van der Waals surface area contributed by atoms with Crippen LogP contribution < -0.4 is 15.4 Å². The molecule has 0 unspecified atom stereocenters. The third kappa shape index (κ3) is 6.19. The predicted molar refractivity (Wildman–Crippen MR) is 154 cm³/mol. The summed E-state index contributed by atoms with van der Waals surface area (Å²) in [5.41, 5.74) is 4.33. The molecule has 0 spiro atoms. The number of nitrogens with zero attached hydrogens (tertiary/aromatic N) is 2. The minimum Gasteiger partial charge on any atom is -0.497 e. The summed E-state index contributed by atoms with van der Waals surface area (Å²) in [7, 11) is 1.60. The fraction of sp³-hybridized carbons (Fsp3) is 0.312. The highest BCUT2D eigenvalue weighted by molar-refractivity contribution is 5.95. The second kappa shape index (κ2) is 12.8. The summed E-state index contributed by atoms with van der Waals surface area (Å²) in [6, 6.07) is 27.8. The molecule has 1 saturated heterocycles. The van der Waals surface area contributed by atoms with Crippen LogP contribution in [0.4, 0.5) is 4.79 Å².